The molecule has 0 aliphatic heterocycles. The number of carbonyl (C=O) groups is 1. The lowest BCUT2D eigenvalue weighted by Gasteiger charge is -2.01. The van der Waals surface area contributed by atoms with Gasteiger partial charge in [-0.3, -0.25) is 0 Å². The number of hydrogen-bond donors (Lipinski definition) is 1. The van der Waals surface area contributed by atoms with E-state index in [1.165, 1.54) is 12.1 Å². The van der Waals surface area contributed by atoms with Gasteiger partial charge in [-0.15, -0.1) is 0 Å². The van der Waals surface area contributed by atoms with Crippen LogP contribution in [0.4, 0.5) is 4.39 Å². The third kappa shape index (κ3) is 2.20. The summed E-state index contributed by atoms with van der Waals surface area (Å²) >= 11 is 0. The molecular weight excluding hydrogens is 223 g/mol. The van der Waals surface area contributed by atoms with Gasteiger partial charge in [0.15, 0.2) is 0 Å². The summed E-state index contributed by atoms with van der Waals surface area (Å²) in [5, 5.41) is 8.75. The van der Waals surface area contributed by atoms with Gasteiger partial charge in [-0.25, -0.2) is 9.18 Å². The molecule has 2 rings (SSSR count). The highest BCUT2D eigenvalue weighted by Gasteiger charge is 2.11. The van der Waals surface area contributed by atoms with Crippen molar-refractivity contribution in [3.05, 3.63) is 47.5 Å². The van der Waals surface area contributed by atoms with Crippen molar-refractivity contribution in [1.82, 2.24) is 0 Å². The van der Waals surface area contributed by atoms with E-state index in [-0.39, 0.29) is 11.4 Å². The normalized spacial score (nSPS) is 10.5. The molecule has 1 heterocycles. The molecule has 0 aliphatic rings. The van der Waals surface area contributed by atoms with E-state index in [0.717, 1.165) is 6.26 Å². The Balaban J connectivity index is 2.39. The lowest BCUT2D eigenvalue weighted by molar-refractivity contribution is 0.0696. The largest absolute Gasteiger partial charge is 0.478 e. The molecule has 0 amide bonds. The second-order valence-corrected chi connectivity index (χ2v) is 3.66. The third-order valence-electron chi connectivity index (χ3n) is 2.56. The first-order valence-corrected chi connectivity index (χ1v) is 5.22. The zero-order valence-electron chi connectivity index (χ0n) is 9.24. The predicted octanol–water partition coefficient (Wildman–Crippen LogP) is 3.35. The number of halogens is 1. The van der Waals surface area contributed by atoms with Gasteiger partial charge in [0.1, 0.15) is 17.8 Å². The molecule has 88 valence electrons. The van der Waals surface area contributed by atoms with Gasteiger partial charge in [-0.2, -0.15) is 0 Å². The number of benzene rings is 1. The average molecular weight is 234 g/mol. The first-order valence-electron chi connectivity index (χ1n) is 5.22. The second kappa shape index (κ2) is 4.41. The molecule has 0 saturated carbocycles. The summed E-state index contributed by atoms with van der Waals surface area (Å²) in [5.41, 5.74) is 1.21. The van der Waals surface area contributed by atoms with Gasteiger partial charge in [0.05, 0.1) is 5.56 Å². The molecule has 0 radical (unpaired) electrons. The number of furan rings is 1. The first-order chi connectivity index (χ1) is 8.11. The number of carboxylic acid groups (broad SMARTS) is 1. The Morgan fingerprint density at radius 2 is 2.18 bits per heavy atom. The number of aryl methyl sites for hydroxylation is 1. The molecule has 0 saturated heterocycles. The fourth-order valence-corrected chi connectivity index (χ4v) is 1.59. The summed E-state index contributed by atoms with van der Waals surface area (Å²) in [6, 6.07) is 6.12. The minimum Gasteiger partial charge on any atom is -0.478 e. The van der Waals surface area contributed by atoms with Crippen molar-refractivity contribution >= 4 is 5.97 Å². The molecule has 4 heteroatoms. The highest BCUT2D eigenvalue weighted by Crippen LogP contribution is 2.24. The molecular formula is C13H11FO3. The van der Waals surface area contributed by atoms with Crippen molar-refractivity contribution in [1.29, 1.82) is 0 Å². The zero-order valence-corrected chi connectivity index (χ0v) is 9.24. The summed E-state index contributed by atoms with van der Waals surface area (Å²) in [4.78, 5) is 10.7. The van der Waals surface area contributed by atoms with Crippen LogP contribution in [0, 0.1) is 5.82 Å². The fraction of sp³-hybridized carbons (Fsp3) is 0.154. The summed E-state index contributed by atoms with van der Waals surface area (Å²) in [5.74, 6) is -1.02. The Labute approximate surface area is 97.5 Å². The van der Waals surface area contributed by atoms with Crippen LogP contribution in [0.25, 0.3) is 11.3 Å². The van der Waals surface area contributed by atoms with E-state index in [4.69, 9.17) is 9.52 Å². The summed E-state index contributed by atoms with van der Waals surface area (Å²) in [7, 11) is 0. The van der Waals surface area contributed by atoms with E-state index in [9.17, 15) is 9.18 Å². The van der Waals surface area contributed by atoms with Gasteiger partial charge >= 0.3 is 5.97 Å². The van der Waals surface area contributed by atoms with Crippen molar-refractivity contribution in [3.63, 3.8) is 0 Å². The van der Waals surface area contributed by atoms with Crippen LogP contribution in [0.5, 0.6) is 0 Å². The van der Waals surface area contributed by atoms with E-state index < -0.39 is 5.97 Å². The van der Waals surface area contributed by atoms with E-state index in [0.29, 0.717) is 23.3 Å². The van der Waals surface area contributed by atoms with Crippen LogP contribution in [-0.2, 0) is 6.42 Å². The van der Waals surface area contributed by atoms with Crippen molar-refractivity contribution in [2.45, 2.75) is 13.3 Å². The molecule has 0 atom stereocenters. The standard InChI is InChI=1S/C13H11FO3/c1-2-8-3-4-9(5-11(8)14)12-6-10(7-17-12)13(15)16/h3-7H,2H2,1H3,(H,15,16). The Hall–Kier alpha value is -2.10. The molecule has 0 spiro atoms. The van der Waals surface area contributed by atoms with Gasteiger partial charge < -0.3 is 9.52 Å². The van der Waals surface area contributed by atoms with Crippen molar-refractivity contribution in [3.8, 4) is 11.3 Å². The van der Waals surface area contributed by atoms with E-state index in [1.54, 1.807) is 12.1 Å². The Morgan fingerprint density at radius 3 is 2.71 bits per heavy atom. The van der Waals surface area contributed by atoms with E-state index >= 15 is 0 Å². The second-order valence-electron chi connectivity index (χ2n) is 3.66. The molecule has 17 heavy (non-hydrogen) atoms. The minimum atomic E-state index is -1.06. The molecule has 1 aromatic carbocycles. The predicted molar refractivity (Wildman–Crippen MR) is 60.4 cm³/mol. The molecule has 1 aromatic heterocycles. The van der Waals surface area contributed by atoms with Crippen molar-refractivity contribution in [2.75, 3.05) is 0 Å². The highest BCUT2D eigenvalue weighted by atomic mass is 19.1. The summed E-state index contributed by atoms with van der Waals surface area (Å²) < 4.78 is 18.6. The fourth-order valence-electron chi connectivity index (χ4n) is 1.59. The lowest BCUT2D eigenvalue weighted by Crippen LogP contribution is -1.91. The Bertz CT molecular complexity index is 558. The van der Waals surface area contributed by atoms with Crippen LogP contribution < -0.4 is 0 Å². The quantitative estimate of drug-likeness (QED) is 0.885. The lowest BCUT2D eigenvalue weighted by atomic mass is 10.1. The molecule has 2 aromatic rings. The van der Waals surface area contributed by atoms with E-state index in [1.807, 2.05) is 6.92 Å². The van der Waals surface area contributed by atoms with E-state index in [2.05, 4.69) is 0 Å². The van der Waals surface area contributed by atoms with Gasteiger partial charge in [-0.05, 0) is 24.1 Å². The molecule has 0 unspecified atom stereocenters. The first kappa shape index (κ1) is 11.4. The summed E-state index contributed by atoms with van der Waals surface area (Å²) in [6.07, 6.45) is 1.76. The van der Waals surface area contributed by atoms with Gasteiger partial charge in [0.25, 0.3) is 0 Å². The Kier molecular flexibility index (Phi) is 2.95. The minimum absolute atomic E-state index is 0.0555. The van der Waals surface area contributed by atoms with Crippen LogP contribution in [0.1, 0.15) is 22.8 Å². The van der Waals surface area contributed by atoms with Crippen molar-refractivity contribution < 1.29 is 18.7 Å². The monoisotopic (exact) mass is 234 g/mol. The molecule has 0 bridgehead atoms. The molecule has 0 aliphatic carbocycles. The van der Waals surface area contributed by atoms with Crippen molar-refractivity contribution in [2.24, 2.45) is 0 Å². The SMILES string of the molecule is CCc1ccc(-c2cc(C(=O)O)co2)cc1F. The maximum atomic E-state index is 13.5. The number of rotatable bonds is 3. The van der Waals surface area contributed by atoms with Crippen LogP contribution in [0.15, 0.2) is 34.9 Å². The van der Waals surface area contributed by atoms with Crippen LogP contribution >= 0.6 is 0 Å². The third-order valence-corrected chi connectivity index (χ3v) is 2.56. The maximum absolute atomic E-state index is 13.5. The average Bonchev–Trinajstić information content (AvgIpc) is 2.78. The van der Waals surface area contributed by atoms with Crippen LogP contribution in [-0.4, -0.2) is 11.1 Å². The van der Waals surface area contributed by atoms with Crippen LogP contribution in [0.2, 0.25) is 0 Å². The molecule has 3 nitrogen and oxygen atoms in total. The maximum Gasteiger partial charge on any atom is 0.338 e. The zero-order chi connectivity index (χ0) is 12.4. The number of hydrogen-bond acceptors (Lipinski definition) is 2. The van der Waals surface area contributed by atoms with Gasteiger partial charge in [0.2, 0.25) is 0 Å². The summed E-state index contributed by atoms with van der Waals surface area (Å²) in [6.45, 7) is 1.87. The topological polar surface area (TPSA) is 50.4 Å². The Morgan fingerprint density at radius 1 is 1.41 bits per heavy atom. The smallest absolute Gasteiger partial charge is 0.338 e. The number of aromatic carboxylic acids is 1. The number of carboxylic acids is 1. The highest BCUT2D eigenvalue weighted by molar-refractivity contribution is 5.88. The van der Waals surface area contributed by atoms with Crippen LogP contribution in [0.3, 0.4) is 0 Å². The molecule has 0 fully saturated rings. The van der Waals surface area contributed by atoms with Gasteiger partial charge in [-0.1, -0.05) is 19.1 Å². The van der Waals surface area contributed by atoms with Gasteiger partial charge in [0, 0.05) is 5.56 Å². The molecule has 1 N–H and O–H groups in total.